The van der Waals surface area contributed by atoms with Crippen molar-refractivity contribution in [2.24, 2.45) is 0 Å². The van der Waals surface area contributed by atoms with E-state index < -0.39 is 32.5 Å². The molecule has 0 aliphatic heterocycles. The smallest absolute Gasteiger partial charge is 0.261 e. The third-order valence-corrected chi connectivity index (χ3v) is 8.01. The van der Waals surface area contributed by atoms with Gasteiger partial charge >= 0.3 is 0 Å². The lowest BCUT2D eigenvalue weighted by Crippen LogP contribution is -2.37. The molecule has 3 aromatic carbocycles. The second-order valence-electron chi connectivity index (χ2n) is 7.31. The minimum atomic E-state index is -3.90. The topological polar surface area (TPSA) is 113 Å². The van der Waals surface area contributed by atoms with Gasteiger partial charge in [0.2, 0.25) is 15.9 Å². The first kappa shape index (κ1) is 25.8. The fourth-order valence-corrected chi connectivity index (χ4v) is 5.46. The molecule has 0 radical (unpaired) electrons. The van der Waals surface area contributed by atoms with Gasteiger partial charge < -0.3 is 5.32 Å². The number of carbonyl (C=O) groups is 1. The molecule has 0 aliphatic carbocycles. The highest BCUT2D eigenvalue weighted by Crippen LogP contribution is 2.28. The molecule has 3 aromatic rings. The summed E-state index contributed by atoms with van der Waals surface area (Å²) < 4.78 is 53.3. The summed E-state index contributed by atoms with van der Waals surface area (Å²) in [6, 6.07) is 16.6. The number of anilines is 3. The number of amides is 1. The Balaban J connectivity index is 1.74. The van der Waals surface area contributed by atoms with Crippen molar-refractivity contribution in [2.75, 3.05) is 27.1 Å². The van der Waals surface area contributed by atoms with Crippen molar-refractivity contribution in [3.05, 3.63) is 82.3 Å². The number of sulfonamides is 2. The van der Waals surface area contributed by atoms with Crippen molar-refractivity contribution in [1.29, 1.82) is 0 Å². The van der Waals surface area contributed by atoms with Crippen molar-refractivity contribution in [3.63, 3.8) is 0 Å². The quantitative estimate of drug-likeness (QED) is 0.435. The summed E-state index contributed by atoms with van der Waals surface area (Å²) in [5, 5.41) is 3.17. The number of hydrogen-bond donors (Lipinski definition) is 2. The van der Waals surface area contributed by atoms with Gasteiger partial charge in [-0.25, -0.2) is 16.8 Å². The molecule has 0 spiro atoms. The van der Waals surface area contributed by atoms with Crippen LogP contribution < -0.4 is 14.3 Å². The largest absolute Gasteiger partial charge is 0.325 e. The summed E-state index contributed by atoms with van der Waals surface area (Å²) in [6.07, 6.45) is 0.970. The van der Waals surface area contributed by atoms with Crippen molar-refractivity contribution >= 4 is 66.2 Å². The molecule has 8 nitrogen and oxygen atoms in total. The molecule has 0 atom stereocenters. The number of rotatable bonds is 8. The predicted octanol–water partition coefficient (Wildman–Crippen LogP) is 4.51. The Hall–Kier alpha value is -2.79. The van der Waals surface area contributed by atoms with Crippen LogP contribution in [0.25, 0.3) is 0 Å². The molecule has 0 saturated heterocycles. The lowest BCUT2D eigenvalue weighted by Gasteiger charge is -2.22. The Kier molecular flexibility index (Phi) is 7.77. The van der Waals surface area contributed by atoms with Crippen molar-refractivity contribution in [2.45, 2.75) is 11.8 Å². The van der Waals surface area contributed by atoms with Gasteiger partial charge in [0.05, 0.1) is 27.5 Å². The van der Waals surface area contributed by atoms with Crippen molar-refractivity contribution in [3.8, 4) is 0 Å². The van der Waals surface area contributed by atoms with Crippen molar-refractivity contribution in [1.82, 2.24) is 0 Å². The maximum absolute atomic E-state index is 12.7. The monoisotopic (exact) mass is 541 g/mol. The summed E-state index contributed by atoms with van der Waals surface area (Å²) >= 11 is 12.1. The highest BCUT2D eigenvalue weighted by atomic mass is 35.5. The molecule has 0 bridgehead atoms. The fraction of sp³-hybridized carbons (Fsp3) is 0.136. The van der Waals surface area contributed by atoms with Crippen LogP contribution in [0.1, 0.15) is 5.56 Å². The average molecular weight is 542 g/mol. The maximum Gasteiger partial charge on any atom is 0.261 e. The highest BCUT2D eigenvalue weighted by Gasteiger charge is 2.23. The molecule has 0 heterocycles. The van der Waals surface area contributed by atoms with Gasteiger partial charge in [0.15, 0.2) is 0 Å². The SMILES string of the molecule is Cc1c(Cl)cccc1NS(=O)(=O)c1ccc(NC(=O)CN(c2ccccc2Cl)S(C)(=O)=O)cc1. The standard InChI is InChI=1S/C22H21Cl2N3O5S2/c1-15-18(23)7-5-8-20(15)26-34(31,32)17-12-10-16(11-13-17)25-22(28)14-27(33(2,29)30)21-9-4-3-6-19(21)24/h3-13,26H,14H2,1-2H3,(H,25,28). The van der Waals surface area contributed by atoms with Gasteiger partial charge in [-0.05, 0) is 61.0 Å². The molecule has 0 aliphatic rings. The molecule has 3 rings (SSSR count). The van der Waals surface area contributed by atoms with Crippen LogP contribution in [0, 0.1) is 6.92 Å². The normalized spacial score (nSPS) is 11.6. The number of nitrogens with zero attached hydrogens (tertiary/aromatic N) is 1. The highest BCUT2D eigenvalue weighted by molar-refractivity contribution is 7.92. The van der Waals surface area contributed by atoms with Gasteiger partial charge in [0.1, 0.15) is 6.54 Å². The first-order valence-corrected chi connectivity index (χ1v) is 13.9. The molecule has 12 heteroatoms. The summed E-state index contributed by atoms with van der Waals surface area (Å²) in [5.41, 5.74) is 1.40. The van der Waals surface area contributed by atoms with Crippen LogP contribution in [0.4, 0.5) is 17.1 Å². The van der Waals surface area contributed by atoms with E-state index in [-0.39, 0.29) is 21.3 Å². The number of nitrogens with one attached hydrogen (secondary N) is 2. The Bertz CT molecular complexity index is 1430. The first-order valence-electron chi connectivity index (χ1n) is 9.78. The number of carbonyl (C=O) groups excluding carboxylic acids is 1. The minimum absolute atomic E-state index is 0.0290. The van der Waals surface area contributed by atoms with Crippen LogP contribution in [0.2, 0.25) is 10.0 Å². The molecule has 2 N–H and O–H groups in total. The van der Waals surface area contributed by atoms with E-state index in [1.54, 1.807) is 37.3 Å². The third kappa shape index (κ3) is 6.20. The van der Waals surface area contributed by atoms with Gasteiger partial charge in [-0.15, -0.1) is 0 Å². The van der Waals surface area contributed by atoms with Crippen LogP contribution in [-0.2, 0) is 24.8 Å². The molecule has 0 unspecified atom stereocenters. The lowest BCUT2D eigenvalue weighted by atomic mass is 10.2. The predicted molar refractivity (Wildman–Crippen MR) is 136 cm³/mol. The van der Waals surface area contributed by atoms with E-state index in [1.807, 2.05) is 0 Å². The molecular weight excluding hydrogens is 521 g/mol. The number of para-hydroxylation sites is 1. The first-order chi connectivity index (χ1) is 15.9. The van der Waals surface area contributed by atoms with E-state index in [2.05, 4.69) is 10.0 Å². The Morgan fingerprint density at radius 2 is 1.50 bits per heavy atom. The van der Waals surface area contributed by atoms with Crippen LogP contribution in [0.3, 0.4) is 0 Å². The van der Waals surface area contributed by atoms with Crippen LogP contribution in [0.5, 0.6) is 0 Å². The number of halogens is 2. The summed E-state index contributed by atoms with van der Waals surface area (Å²) in [4.78, 5) is 12.5. The van der Waals surface area contributed by atoms with E-state index in [0.29, 0.717) is 16.3 Å². The second kappa shape index (κ2) is 10.2. The van der Waals surface area contributed by atoms with Crippen molar-refractivity contribution < 1.29 is 21.6 Å². The molecule has 34 heavy (non-hydrogen) atoms. The molecule has 180 valence electrons. The van der Waals surface area contributed by atoms with Gasteiger partial charge in [0, 0.05) is 10.7 Å². The van der Waals surface area contributed by atoms with Crippen LogP contribution in [0.15, 0.2) is 71.6 Å². The van der Waals surface area contributed by atoms with Gasteiger partial charge in [-0.1, -0.05) is 41.4 Å². The van der Waals surface area contributed by atoms with E-state index in [1.165, 1.54) is 36.4 Å². The molecule has 0 saturated carbocycles. The fourth-order valence-electron chi connectivity index (χ4n) is 3.01. The summed E-state index contributed by atoms with van der Waals surface area (Å²) in [7, 11) is -7.70. The molecule has 1 amide bonds. The zero-order valence-corrected chi connectivity index (χ0v) is 21.3. The minimum Gasteiger partial charge on any atom is -0.325 e. The van der Waals surface area contributed by atoms with Crippen LogP contribution in [-0.4, -0.2) is 35.5 Å². The molecule has 0 fully saturated rings. The molecular formula is C22H21Cl2N3O5S2. The average Bonchev–Trinajstić information content (AvgIpc) is 2.75. The van der Waals surface area contributed by atoms with E-state index in [4.69, 9.17) is 23.2 Å². The zero-order valence-electron chi connectivity index (χ0n) is 18.1. The Morgan fingerprint density at radius 3 is 2.12 bits per heavy atom. The summed E-state index contributed by atoms with van der Waals surface area (Å²) in [6.45, 7) is 1.18. The van der Waals surface area contributed by atoms with Gasteiger partial charge in [0.25, 0.3) is 10.0 Å². The Morgan fingerprint density at radius 1 is 0.882 bits per heavy atom. The second-order valence-corrected chi connectivity index (χ2v) is 11.7. The molecule has 0 aromatic heterocycles. The lowest BCUT2D eigenvalue weighted by molar-refractivity contribution is -0.114. The van der Waals surface area contributed by atoms with Crippen LogP contribution >= 0.6 is 23.2 Å². The zero-order chi connectivity index (χ0) is 25.1. The third-order valence-electron chi connectivity index (χ3n) is 4.77. The summed E-state index contributed by atoms with van der Waals surface area (Å²) in [5.74, 6) is -0.631. The van der Waals surface area contributed by atoms with E-state index in [9.17, 15) is 21.6 Å². The number of hydrogen-bond acceptors (Lipinski definition) is 5. The Labute approximate surface area is 208 Å². The van der Waals surface area contributed by atoms with Gasteiger partial charge in [-0.3, -0.25) is 13.8 Å². The van der Waals surface area contributed by atoms with Gasteiger partial charge in [-0.2, -0.15) is 0 Å². The number of benzene rings is 3. The maximum atomic E-state index is 12.7. The van der Waals surface area contributed by atoms with E-state index in [0.717, 1.165) is 10.6 Å². The van der Waals surface area contributed by atoms with E-state index >= 15 is 0 Å².